The van der Waals surface area contributed by atoms with Gasteiger partial charge in [-0.15, -0.1) is 0 Å². The van der Waals surface area contributed by atoms with Crippen molar-refractivity contribution in [2.24, 2.45) is 0 Å². The van der Waals surface area contributed by atoms with E-state index in [1.165, 1.54) is 0 Å². The van der Waals surface area contributed by atoms with Gasteiger partial charge in [0.15, 0.2) is 0 Å². The summed E-state index contributed by atoms with van der Waals surface area (Å²) in [7, 11) is 9.93. The van der Waals surface area contributed by atoms with Crippen molar-refractivity contribution in [1.29, 1.82) is 0 Å². The average molecular weight is 543 g/mol. The van der Waals surface area contributed by atoms with Gasteiger partial charge in [-0.25, -0.2) is 9.97 Å². The van der Waals surface area contributed by atoms with E-state index in [0.29, 0.717) is 19.0 Å². The Morgan fingerprint density at radius 1 is 0.675 bits per heavy atom. The first-order valence-electron chi connectivity index (χ1n) is 13.6. The molecule has 5 aromatic rings. The molecule has 2 aromatic heterocycles. The van der Waals surface area contributed by atoms with Crippen molar-refractivity contribution in [3.05, 3.63) is 54.6 Å². The predicted molar refractivity (Wildman–Crippen MR) is 161 cm³/mol. The summed E-state index contributed by atoms with van der Waals surface area (Å²) in [6.45, 7) is 3.34. The molecule has 0 unspecified atom stereocenters. The number of nitrogens with one attached hydrogen (secondary N) is 2. The molecule has 0 aliphatic rings. The van der Waals surface area contributed by atoms with E-state index in [-0.39, 0.29) is 0 Å². The zero-order valence-electron chi connectivity index (χ0n) is 24.0. The minimum Gasteiger partial charge on any atom is -0.496 e. The predicted octanol–water partition coefficient (Wildman–Crippen LogP) is 5.44. The van der Waals surface area contributed by atoms with Gasteiger partial charge in [0, 0.05) is 30.8 Å². The van der Waals surface area contributed by atoms with Crippen LogP contribution in [0.15, 0.2) is 54.6 Å². The highest BCUT2D eigenvalue weighted by Crippen LogP contribution is 2.34. The highest BCUT2D eigenvalue weighted by Gasteiger charge is 2.15. The number of benzene rings is 3. The van der Waals surface area contributed by atoms with Crippen molar-refractivity contribution in [3.63, 3.8) is 0 Å². The van der Waals surface area contributed by atoms with E-state index < -0.39 is 0 Å². The molecule has 0 atom stereocenters. The summed E-state index contributed by atoms with van der Waals surface area (Å²) in [6.07, 6.45) is 1.95. The lowest BCUT2D eigenvalue weighted by molar-refractivity contribution is 0.282. The number of H-pyrrole nitrogens is 2. The molecule has 0 bridgehead atoms. The van der Waals surface area contributed by atoms with E-state index in [1.807, 2.05) is 54.6 Å². The zero-order valence-corrected chi connectivity index (χ0v) is 24.0. The Morgan fingerprint density at radius 3 is 1.77 bits per heavy atom. The lowest BCUT2D eigenvalue weighted by Crippen LogP contribution is -2.15. The Bertz CT molecular complexity index is 1570. The monoisotopic (exact) mass is 542 g/mol. The van der Waals surface area contributed by atoms with Crippen molar-refractivity contribution in [3.8, 4) is 40.0 Å². The number of methoxy groups -OCH3 is 1. The third kappa shape index (κ3) is 6.55. The zero-order chi connectivity index (χ0) is 28.1. The lowest BCUT2D eigenvalue weighted by atomic mass is 10.1. The highest BCUT2D eigenvalue weighted by molar-refractivity contribution is 5.84. The second kappa shape index (κ2) is 12.4. The van der Waals surface area contributed by atoms with Gasteiger partial charge in [-0.2, -0.15) is 0 Å². The summed E-state index contributed by atoms with van der Waals surface area (Å²) < 4.78 is 17.6. The number of aromatic nitrogens is 4. The molecular formula is C31H38N6O3. The number of fused-ring (bicyclic) bond motifs is 2. The second-order valence-corrected chi connectivity index (χ2v) is 10.5. The lowest BCUT2D eigenvalue weighted by Gasteiger charge is -2.10. The van der Waals surface area contributed by atoms with Crippen molar-refractivity contribution in [1.82, 2.24) is 29.7 Å². The Morgan fingerprint density at radius 2 is 1.23 bits per heavy atom. The highest BCUT2D eigenvalue weighted by atomic mass is 16.5. The molecular weight excluding hydrogens is 504 g/mol. The van der Waals surface area contributed by atoms with Crippen LogP contribution >= 0.6 is 0 Å². The maximum absolute atomic E-state index is 5.94. The first-order valence-corrected chi connectivity index (χ1v) is 13.6. The summed E-state index contributed by atoms with van der Waals surface area (Å²) in [5, 5.41) is 0. The van der Waals surface area contributed by atoms with E-state index in [9.17, 15) is 0 Å². The molecule has 2 heterocycles. The molecule has 0 amide bonds. The van der Waals surface area contributed by atoms with Gasteiger partial charge < -0.3 is 34.0 Å². The number of aromatic amines is 2. The van der Waals surface area contributed by atoms with Crippen LogP contribution in [-0.2, 0) is 0 Å². The smallest absolute Gasteiger partial charge is 0.142 e. The third-order valence-electron chi connectivity index (χ3n) is 6.67. The summed E-state index contributed by atoms with van der Waals surface area (Å²) in [6, 6.07) is 17.9. The topological polar surface area (TPSA) is 91.5 Å². The Labute approximate surface area is 235 Å². The number of imidazole rings is 2. The fraction of sp³-hybridized carbons (Fsp3) is 0.355. The molecule has 9 nitrogen and oxygen atoms in total. The fourth-order valence-corrected chi connectivity index (χ4v) is 4.60. The van der Waals surface area contributed by atoms with Crippen LogP contribution in [0, 0.1) is 0 Å². The van der Waals surface area contributed by atoms with E-state index in [0.717, 1.165) is 82.3 Å². The third-order valence-corrected chi connectivity index (χ3v) is 6.67. The van der Waals surface area contributed by atoms with Crippen molar-refractivity contribution < 1.29 is 14.2 Å². The van der Waals surface area contributed by atoms with Gasteiger partial charge in [0.2, 0.25) is 0 Å². The van der Waals surface area contributed by atoms with Crippen LogP contribution in [0.5, 0.6) is 17.2 Å². The van der Waals surface area contributed by atoms with Gasteiger partial charge in [0.05, 0.1) is 48.0 Å². The first-order chi connectivity index (χ1) is 19.4. The molecule has 3 aromatic carbocycles. The van der Waals surface area contributed by atoms with Crippen molar-refractivity contribution in [2.75, 3.05) is 61.6 Å². The van der Waals surface area contributed by atoms with E-state index >= 15 is 0 Å². The minimum atomic E-state index is 0.673. The SMILES string of the molecule is COc1cc(-c2nc3ccc(OCCCN(C)C)cc3[nH]2)ccc1-c1nc2ccc(OCCCN(C)C)cc2[nH]1. The maximum atomic E-state index is 5.94. The number of nitrogens with zero attached hydrogens (tertiary/aromatic N) is 4. The first kappa shape index (κ1) is 27.5. The Hall–Kier alpha value is -4.08. The van der Waals surface area contributed by atoms with Gasteiger partial charge in [-0.1, -0.05) is 6.07 Å². The maximum Gasteiger partial charge on any atom is 0.142 e. The molecule has 2 N–H and O–H groups in total. The van der Waals surface area contributed by atoms with E-state index in [1.54, 1.807) is 7.11 Å². The number of rotatable bonds is 13. The van der Waals surface area contributed by atoms with Gasteiger partial charge >= 0.3 is 0 Å². The molecule has 40 heavy (non-hydrogen) atoms. The molecule has 210 valence electrons. The van der Waals surface area contributed by atoms with Crippen LogP contribution in [-0.4, -0.2) is 91.3 Å². The van der Waals surface area contributed by atoms with Gasteiger partial charge in [-0.3, -0.25) is 0 Å². The van der Waals surface area contributed by atoms with Crippen LogP contribution in [0.2, 0.25) is 0 Å². The molecule has 0 radical (unpaired) electrons. The largest absolute Gasteiger partial charge is 0.496 e. The fourth-order valence-electron chi connectivity index (χ4n) is 4.60. The van der Waals surface area contributed by atoms with Gasteiger partial charge in [-0.05, 0) is 77.4 Å². The minimum absolute atomic E-state index is 0.673. The molecule has 9 heteroatoms. The van der Waals surface area contributed by atoms with E-state index in [4.69, 9.17) is 24.2 Å². The molecule has 0 aliphatic heterocycles. The number of ether oxygens (including phenoxy) is 3. The van der Waals surface area contributed by atoms with Crippen LogP contribution in [0.4, 0.5) is 0 Å². The van der Waals surface area contributed by atoms with Crippen LogP contribution in [0.3, 0.4) is 0 Å². The van der Waals surface area contributed by atoms with Crippen molar-refractivity contribution in [2.45, 2.75) is 12.8 Å². The van der Waals surface area contributed by atoms with Crippen molar-refractivity contribution >= 4 is 22.1 Å². The summed E-state index contributed by atoms with van der Waals surface area (Å²) in [5.41, 5.74) is 5.41. The number of hydrogen-bond donors (Lipinski definition) is 2. The molecule has 0 saturated heterocycles. The average Bonchev–Trinajstić information content (AvgIpc) is 3.56. The van der Waals surface area contributed by atoms with Crippen LogP contribution in [0.1, 0.15) is 12.8 Å². The van der Waals surface area contributed by atoms with Gasteiger partial charge in [0.25, 0.3) is 0 Å². The second-order valence-electron chi connectivity index (χ2n) is 10.5. The van der Waals surface area contributed by atoms with Crippen LogP contribution < -0.4 is 14.2 Å². The molecule has 0 fully saturated rings. The normalized spacial score (nSPS) is 11.7. The summed E-state index contributed by atoms with van der Waals surface area (Å²) >= 11 is 0. The summed E-state index contributed by atoms with van der Waals surface area (Å²) in [4.78, 5) is 20.8. The van der Waals surface area contributed by atoms with Gasteiger partial charge in [0.1, 0.15) is 28.9 Å². The summed E-state index contributed by atoms with van der Waals surface area (Å²) in [5.74, 6) is 3.88. The van der Waals surface area contributed by atoms with E-state index in [2.05, 4.69) is 48.0 Å². The molecule has 0 saturated carbocycles. The Kier molecular flexibility index (Phi) is 8.52. The Balaban J connectivity index is 1.32. The molecule has 5 rings (SSSR count). The molecule has 0 spiro atoms. The molecule has 0 aliphatic carbocycles. The van der Waals surface area contributed by atoms with Crippen LogP contribution in [0.25, 0.3) is 44.8 Å². The quantitative estimate of drug-likeness (QED) is 0.191. The number of hydrogen-bond acceptors (Lipinski definition) is 7. The standard InChI is InChI=1S/C31H38N6O3/c1-36(2)14-6-16-39-22-9-12-25-27(19-22)34-30(32-25)21-8-11-24(29(18-21)38-5)31-33-26-13-10-23(20-28(26)35-31)40-17-7-15-37(3)4/h8-13,18-20H,6-7,14-17H2,1-5H3,(H,32,34)(H,33,35).